The van der Waals surface area contributed by atoms with E-state index in [9.17, 15) is 0 Å². The van der Waals surface area contributed by atoms with Crippen molar-refractivity contribution in [2.75, 3.05) is 0 Å². The van der Waals surface area contributed by atoms with E-state index in [0.29, 0.717) is 6.04 Å². The SMILES string of the molecule is CC1CCCCC1NC1Cc2ccccc2C1. The second-order valence-corrected chi connectivity index (χ2v) is 5.91. The molecule has 0 saturated heterocycles. The molecule has 1 aromatic carbocycles. The minimum Gasteiger partial charge on any atom is -0.310 e. The summed E-state index contributed by atoms with van der Waals surface area (Å²) in [5.74, 6) is 0.868. The van der Waals surface area contributed by atoms with Crippen LogP contribution in [-0.4, -0.2) is 12.1 Å². The molecule has 2 unspecified atom stereocenters. The van der Waals surface area contributed by atoms with Gasteiger partial charge in [-0.15, -0.1) is 0 Å². The predicted molar refractivity (Wildman–Crippen MR) is 72.2 cm³/mol. The van der Waals surface area contributed by atoms with Crippen molar-refractivity contribution in [1.29, 1.82) is 0 Å². The van der Waals surface area contributed by atoms with Crippen molar-refractivity contribution in [2.45, 2.75) is 57.5 Å². The Balaban J connectivity index is 1.61. The first-order valence-corrected chi connectivity index (χ1v) is 7.16. The number of rotatable bonds is 2. The van der Waals surface area contributed by atoms with Gasteiger partial charge in [-0.25, -0.2) is 0 Å². The van der Waals surface area contributed by atoms with Crippen molar-refractivity contribution in [3.8, 4) is 0 Å². The molecule has 1 fully saturated rings. The molecule has 0 aliphatic heterocycles. The summed E-state index contributed by atoms with van der Waals surface area (Å²) in [5.41, 5.74) is 3.13. The van der Waals surface area contributed by atoms with Gasteiger partial charge >= 0.3 is 0 Å². The molecule has 1 heteroatoms. The molecule has 1 nitrogen and oxygen atoms in total. The van der Waals surface area contributed by atoms with Gasteiger partial charge in [0.25, 0.3) is 0 Å². The highest BCUT2D eigenvalue weighted by Crippen LogP contribution is 2.27. The summed E-state index contributed by atoms with van der Waals surface area (Å²) in [6, 6.07) is 10.4. The van der Waals surface area contributed by atoms with Crippen LogP contribution < -0.4 is 5.32 Å². The number of benzene rings is 1. The molecular weight excluding hydrogens is 206 g/mol. The van der Waals surface area contributed by atoms with E-state index in [1.54, 1.807) is 11.1 Å². The quantitative estimate of drug-likeness (QED) is 0.820. The fraction of sp³-hybridized carbons (Fsp3) is 0.625. The summed E-state index contributed by atoms with van der Waals surface area (Å²) in [6.45, 7) is 2.42. The molecule has 0 heterocycles. The molecule has 1 saturated carbocycles. The van der Waals surface area contributed by atoms with Crippen molar-refractivity contribution in [3.63, 3.8) is 0 Å². The van der Waals surface area contributed by atoms with Gasteiger partial charge < -0.3 is 5.32 Å². The Bertz CT molecular complexity index is 360. The molecule has 1 aromatic rings. The van der Waals surface area contributed by atoms with Gasteiger partial charge in [-0.05, 0) is 42.7 Å². The van der Waals surface area contributed by atoms with Crippen LogP contribution in [0, 0.1) is 5.92 Å². The Morgan fingerprint density at radius 2 is 1.65 bits per heavy atom. The summed E-state index contributed by atoms with van der Waals surface area (Å²) in [7, 11) is 0. The first kappa shape index (κ1) is 11.3. The van der Waals surface area contributed by atoms with Gasteiger partial charge in [-0.3, -0.25) is 0 Å². The molecule has 2 aliphatic carbocycles. The van der Waals surface area contributed by atoms with Crippen molar-refractivity contribution in [3.05, 3.63) is 35.4 Å². The molecule has 0 radical (unpaired) electrons. The second kappa shape index (κ2) is 4.81. The third kappa shape index (κ3) is 2.40. The first-order valence-electron chi connectivity index (χ1n) is 7.16. The van der Waals surface area contributed by atoms with Crippen LogP contribution in [-0.2, 0) is 12.8 Å². The fourth-order valence-electron chi connectivity index (χ4n) is 3.54. The van der Waals surface area contributed by atoms with Gasteiger partial charge in [0.2, 0.25) is 0 Å². The molecular formula is C16H23N. The Morgan fingerprint density at radius 1 is 1.00 bits per heavy atom. The van der Waals surface area contributed by atoms with Crippen molar-refractivity contribution >= 4 is 0 Å². The number of fused-ring (bicyclic) bond motifs is 1. The van der Waals surface area contributed by atoms with Crippen LogP contribution in [0.1, 0.15) is 43.7 Å². The zero-order valence-corrected chi connectivity index (χ0v) is 10.8. The molecule has 0 bridgehead atoms. The minimum absolute atomic E-state index is 0.693. The number of nitrogens with one attached hydrogen (secondary N) is 1. The normalized spacial score (nSPS) is 29.2. The van der Waals surface area contributed by atoms with Crippen molar-refractivity contribution in [1.82, 2.24) is 5.32 Å². The van der Waals surface area contributed by atoms with E-state index >= 15 is 0 Å². The molecule has 0 spiro atoms. The smallest absolute Gasteiger partial charge is 0.0151 e. The van der Waals surface area contributed by atoms with Crippen LogP contribution in [0.5, 0.6) is 0 Å². The average Bonchev–Trinajstić information content (AvgIpc) is 2.74. The lowest BCUT2D eigenvalue weighted by molar-refractivity contribution is 0.259. The lowest BCUT2D eigenvalue weighted by atomic mass is 9.85. The maximum Gasteiger partial charge on any atom is 0.0151 e. The summed E-state index contributed by atoms with van der Waals surface area (Å²) in [5, 5.41) is 3.91. The largest absolute Gasteiger partial charge is 0.310 e. The van der Waals surface area contributed by atoms with Gasteiger partial charge in [-0.1, -0.05) is 44.0 Å². The first-order chi connectivity index (χ1) is 8.33. The molecule has 1 N–H and O–H groups in total. The van der Waals surface area contributed by atoms with E-state index < -0.39 is 0 Å². The Kier molecular flexibility index (Phi) is 3.19. The topological polar surface area (TPSA) is 12.0 Å². The Labute approximate surface area is 105 Å². The van der Waals surface area contributed by atoms with Gasteiger partial charge in [0, 0.05) is 12.1 Å². The zero-order valence-electron chi connectivity index (χ0n) is 10.8. The number of hydrogen-bond acceptors (Lipinski definition) is 1. The molecule has 2 atom stereocenters. The summed E-state index contributed by atoms with van der Waals surface area (Å²) in [4.78, 5) is 0. The van der Waals surface area contributed by atoms with E-state index in [4.69, 9.17) is 0 Å². The average molecular weight is 229 g/mol. The Hall–Kier alpha value is -0.820. The molecule has 17 heavy (non-hydrogen) atoms. The molecule has 3 rings (SSSR count). The lowest BCUT2D eigenvalue weighted by Gasteiger charge is -2.32. The Morgan fingerprint density at radius 3 is 2.29 bits per heavy atom. The van der Waals surface area contributed by atoms with E-state index in [-0.39, 0.29) is 0 Å². The zero-order chi connectivity index (χ0) is 11.7. The van der Waals surface area contributed by atoms with Gasteiger partial charge in [-0.2, -0.15) is 0 Å². The van der Waals surface area contributed by atoms with Gasteiger partial charge in [0.1, 0.15) is 0 Å². The fourth-order valence-corrected chi connectivity index (χ4v) is 3.54. The van der Waals surface area contributed by atoms with Crippen LogP contribution in [0.4, 0.5) is 0 Å². The predicted octanol–water partition coefficient (Wildman–Crippen LogP) is 3.32. The van der Waals surface area contributed by atoms with Crippen molar-refractivity contribution < 1.29 is 0 Å². The van der Waals surface area contributed by atoms with E-state index in [1.165, 1.54) is 38.5 Å². The van der Waals surface area contributed by atoms with Crippen LogP contribution in [0.3, 0.4) is 0 Å². The lowest BCUT2D eigenvalue weighted by Crippen LogP contribution is -2.43. The van der Waals surface area contributed by atoms with E-state index in [2.05, 4.69) is 36.5 Å². The highest BCUT2D eigenvalue weighted by molar-refractivity contribution is 5.33. The van der Waals surface area contributed by atoms with Crippen molar-refractivity contribution in [2.24, 2.45) is 5.92 Å². The summed E-state index contributed by atoms with van der Waals surface area (Å²) < 4.78 is 0. The van der Waals surface area contributed by atoms with Crippen LogP contribution in [0.2, 0.25) is 0 Å². The van der Waals surface area contributed by atoms with E-state index in [0.717, 1.165) is 12.0 Å². The second-order valence-electron chi connectivity index (χ2n) is 5.91. The standard InChI is InChI=1S/C16H23N/c1-12-6-2-5-9-16(12)17-15-10-13-7-3-4-8-14(13)11-15/h3-4,7-8,12,15-17H,2,5-6,9-11H2,1H3. The molecule has 2 aliphatic rings. The summed E-state index contributed by atoms with van der Waals surface area (Å²) >= 11 is 0. The molecule has 0 aromatic heterocycles. The number of hydrogen-bond donors (Lipinski definition) is 1. The van der Waals surface area contributed by atoms with Crippen LogP contribution >= 0.6 is 0 Å². The highest BCUT2D eigenvalue weighted by Gasteiger charge is 2.27. The molecule has 92 valence electrons. The summed E-state index contributed by atoms with van der Waals surface area (Å²) in [6.07, 6.45) is 8.12. The van der Waals surface area contributed by atoms with Crippen LogP contribution in [0.25, 0.3) is 0 Å². The van der Waals surface area contributed by atoms with Gasteiger partial charge in [0.15, 0.2) is 0 Å². The van der Waals surface area contributed by atoms with E-state index in [1.807, 2.05) is 0 Å². The van der Waals surface area contributed by atoms with Gasteiger partial charge in [0.05, 0.1) is 0 Å². The highest BCUT2D eigenvalue weighted by atomic mass is 15.0. The third-order valence-electron chi connectivity index (χ3n) is 4.61. The maximum atomic E-state index is 3.91. The van der Waals surface area contributed by atoms with Crippen LogP contribution in [0.15, 0.2) is 24.3 Å². The monoisotopic (exact) mass is 229 g/mol. The molecule has 0 amide bonds. The third-order valence-corrected chi connectivity index (χ3v) is 4.61. The maximum absolute atomic E-state index is 3.91. The minimum atomic E-state index is 0.693.